The third-order valence-electron chi connectivity index (χ3n) is 12.3. The first kappa shape index (κ1) is 45.8. The molecular formula is C50H66N2O9. The number of carbonyl (C=O) groups is 1. The number of aliphatic hydroxyl groups is 2. The van der Waals surface area contributed by atoms with Gasteiger partial charge in [0.2, 0.25) is 5.79 Å². The number of aliphatic hydroxyl groups excluding tert-OH is 2. The molecule has 61 heavy (non-hydrogen) atoms. The zero-order chi connectivity index (χ0) is 43.2. The number of allylic oxidation sites excluding steroid dienone is 1. The Kier molecular flexibility index (Phi) is 16.8. The van der Waals surface area contributed by atoms with Crippen LogP contribution in [0.3, 0.4) is 0 Å². The number of ether oxygens (including phenoxy) is 5. The highest BCUT2D eigenvalue weighted by Gasteiger charge is 2.65. The highest BCUT2D eigenvalue weighted by molar-refractivity contribution is 6.03. The average Bonchev–Trinajstić information content (AvgIpc) is 3.27. The van der Waals surface area contributed by atoms with Crippen LogP contribution in [0.5, 0.6) is 17.2 Å². The summed E-state index contributed by atoms with van der Waals surface area (Å²) >= 11 is 0. The summed E-state index contributed by atoms with van der Waals surface area (Å²) in [4.78, 5) is 22.1. The van der Waals surface area contributed by atoms with Crippen molar-refractivity contribution in [1.82, 2.24) is 4.90 Å². The molecule has 0 unspecified atom stereocenters. The van der Waals surface area contributed by atoms with Crippen molar-refractivity contribution < 1.29 is 43.5 Å². The van der Waals surface area contributed by atoms with Crippen LogP contribution in [0.15, 0.2) is 96.2 Å². The fourth-order valence-electron chi connectivity index (χ4n) is 9.42. The smallest absolute Gasteiger partial charge is 0.410 e. The molecule has 1 saturated carbocycles. The van der Waals surface area contributed by atoms with Gasteiger partial charge in [-0.1, -0.05) is 73.5 Å². The lowest BCUT2D eigenvalue weighted by Gasteiger charge is -2.59. The second-order valence-electron chi connectivity index (χ2n) is 16.4. The van der Waals surface area contributed by atoms with Crippen molar-refractivity contribution in [1.29, 1.82) is 0 Å². The summed E-state index contributed by atoms with van der Waals surface area (Å²) in [5, 5.41) is 24.6. The van der Waals surface area contributed by atoms with Gasteiger partial charge in [0.1, 0.15) is 36.5 Å². The normalized spacial score (nSPS) is 23.3. The molecule has 3 aromatic carbocycles. The molecule has 6 atom stereocenters. The summed E-state index contributed by atoms with van der Waals surface area (Å²) in [6, 6.07) is 21.3. The van der Waals surface area contributed by atoms with Gasteiger partial charge < -0.3 is 38.7 Å². The van der Waals surface area contributed by atoms with E-state index in [0.717, 1.165) is 59.4 Å². The van der Waals surface area contributed by atoms with E-state index in [9.17, 15) is 15.0 Å². The molecular weight excluding hydrogens is 773 g/mol. The minimum atomic E-state index is -1.37. The predicted molar refractivity (Wildman–Crippen MR) is 237 cm³/mol. The SMILES string of the molecule is C=CCO[C@@]12Oc3ccc(Oc4ccc(C)c(C)c4)cc3[C@H]3[C@H](CCCCO)[C@@H](CCCCO)C=C(C(=NOCC)C[C@@H]1N(CCC)C(=O)OCCOCc1ccccc1)[C@H]32. The lowest BCUT2D eigenvalue weighted by molar-refractivity contribution is -0.255. The van der Waals surface area contributed by atoms with Gasteiger partial charge in [0.25, 0.3) is 0 Å². The molecule has 6 rings (SSSR count). The second kappa shape index (κ2) is 22.4. The molecule has 3 aromatic rings. The fourth-order valence-corrected chi connectivity index (χ4v) is 9.42. The van der Waals surface area contributed by atoms with Gasteiger partial charge in [-0.05, 0) is 117 Å². The molecule has 11 nitrogen and oxygen atoms in total. The number of hydrogen-bond donors (Lipinski definition) is 2. The zero-order valence-electron chi connectivity index (χ0n) is 36.6. The molecule has 0 aromatic heterocycles. The van der Waals surface area contributed by atoms with Crippen LogP contribution in [-0.2, 0) is 25.7 Å². The maximum absolute atomic E-state index is 14.4. The van der Waals surface area contributed by atoms with Crippen LogP contribution >= 0.6 is 0 Å². The van der Waals surface area contributed by atoms with E-state index in [-0.39, 0.29) is 50.8 Å². The summed E-state index contributed by atoms with van der Waals surface area (Å²) < 4.78 is 32.8. The van der Waals surface area contributed by atoms with Crippen LogP contribution in [0.25, 0.3) is 0 Å². The molecule has 0 radical (unpaired) electrons. The van der Waals surface area contributed by atoms with Gasteiger partial charge in [-0.2, -0.15) is 0 Å². The molecule has 2 aliphatic carbocycles. The maximum atomic E-state index is 14.4. The van der Waals surface area contributed by atoms with Gasteiger partial charge in [-0.25, -0.2) is 4.79 Å². The Morgan fingerprint density at radius 1 is 0.951 bits per heavy atom. The Hall–Kier alpha value is -4.68. The quantitative estimate of drug-likeness (QED) is 0.0545. The number of rotatable bonds is 23. The number of unbranched alkanes of at least 4 members (excludes halogenated alkanes) is 2. The van der Waals surface area contributed by atoms with Crippen LogP contribution in [-0.4, -0.2) is 84.9 Å². The lowest BCUT2D eigenvalue weighted by Crippen LogP contribution is -2.70. The van der Waals surface area contributed by atoms with E-state index in [1.807, 2.05) is 62.4 Å². The molecule has 11 heteroatoms. The van der Waals surface area contributed by atoms with Gasteiger partial charge in [0, 0.05) is 37.7 Å². The minimum absolute atomic E-state index is 0.0750. The summed E-state index contributed by atoms with van der Waals surface area (Å²) in [5.74, 6) is 0.331. The zero-order valence-corrected chi connectivity index (χ0v) is 36.6. The third kappa shape index (κ3) is 10.9. The van der Waals surface area contributed by atoms with Gasteiger partial charge >= 0.3 is 6.09 Å². The number of nitrogens with zero attached hydrogens (tertiary/aromatic N) is 2. The number of fused-ring (bicyclic) bond motifs is 2. The van der Waals surface area contributed by atoms with Gasteiger partial charge in [0.15, 0.2) is 0 Å². The fraction of sp³-hybridized carbons (Fsp3) is 0.520. The van der Waals surface area contributed by atoms with Crippen molar-refractivity contribution in [3.63, 3.8) is 0 Å². The minimum Gasteiger partial charge on any atom is -0.459 e. The molecule has 0 bridgehead atoms. The first-order valence-electron chi connectivity index (χ1n) is 22.3. The molecule has 3 aliphatic rings. The first-order chi connectivity index (χ1) is 29.8. The van der Waals surface area contributed by atoms with Crippen molar-refractivity contribution in [3.8, 4) is 17.2 Å². The third-order valence-corrected chi connectivity index (χ3v) is 12.3. The summed E-state index contributed by atoms with van der Waals surface area (Å²) in [7, 11) is 0. The topological polar surface area (TPSA) is 129 Å². The standard InChI is InChI=1S/C50H66N2O9/c1-6-24-52(49(55)57-29-28-56-34-37-16-10-9-11-17-37)46-33-44(51-59-8-3)42-31-38(18-12-14-25-53)41(19-13-15-26-54)47-43-32-40(60-39-21-20-35(4)36(5)30-39)22-23-45(43)61-50(46,48(42)47)58-27-7-2/h7,9-11,16-17,20-23,30-32,38,41,46-48,53-54H,2,6,8,12-15,18-19,24-29,33-34H2,1,3-5H3/t38-,41+,46-,47+,48+,50+/m0/s1. The summed E-state index contributed by atoms with van der Waals surface area (Å²) in [5.41, 5.74) is 6.10. The van der Waals surface area contributed by atoms with E-state index in [4.69, 9.17) is 33.7 Å². The number of amides is 1. The van der Waals surface area contributed by atoms with E-state index in [1.165, 1.54) is 5.56 Å². The molecule has 1 heterocycles. The van der Waals surface area contributed by atoms with Crippen LogP contribution in [0.2, 0.25) is 0 Å². The lowest BCUT2D eigenvalue weighted by atomic mass is 9.55. The number of aryl methyl sites for hydroxylation is 2. The number of hydrogen-bond acceptors (Lipinski definition) is 10. The second-order valence-corrected chi connectivity index (χ2v) is 16.4. The Balaban J connectivity index is 1.47. The van der Waals surface area contributed by atoms with Crippen molar-refractivity contribution in [2.75, 3.05) is 46.2 Å². The average molecular weight is 839 g/mol. The van der Waals surface area contributed by atoms with E-state index >= 15 is 0 Å². The summed E-state index contributed by atoms with van der Waals surface area (Å²) in [6.45, 7) is 14.0. The molecule has 0 spiro atoms. The molecule has 1 amide bonds. The number of carbonyl (C=O) groups excluding carboxylic acids is 1. The predicted octanol–water partition coefficient (Wildman–Crippen LogP) is 9.81. The van der Waals surface area contributed by atoms with Crippen molar-refractivity contribution >= 4 is 11.8 Å². The van der Waals surface area contributed by atoms with Crippen molar-refractivity contribution in [2.45, 2.75) is 103 Å². The number of oxime groups is 1. The first-order valence-corrected chi connectivity index (χ1v) is 22.3. The molecule has 0 saturated heterocycles. The Labute approximate surface area is 362 Å². The van der Waals surface area contributed by atoms with Crippen LogP contribution in [0, 0.1) is 31.6 Å². The van der Waals surface area contributed by atoms with E-state index in [1.54, 1.807) is 11.0 Å². The highest BCUT2D eigenvalue weighted by Crippen LogP contribution is 2.62. The Morgan fingerprint density at radius 2 is 1.70 bits per heavy atom. The van der Waals surface area contributed by atoms with Crippen LogP contribution < -0.4 is 9.47 Å². The van der Waals surface area contributed by atoms with Gasteiger partial charge in [-0.15, -0.1) is 6.58 Å². The van der Waals surface area contributed by atoms with Gasteiger partial charge in [-0.3, -0.25) is 4.90 Å². The van der Waals surface area contributed by atoms with E-state index < -0.39 is 23.8 Å². The van der Waals surface area contributed by atoms with E-state index in [0.29, 0.717) is 56.9 Å². The van der Waals surface area contributed by atoms with Crippen LogP contribution in [0.4, 0.5) is 4.79 Å². The van der Waals surface area contributed by atoms with Gasteiger partial charge in [0.05, 0.1) is 31.5 Å². The molecule has 1 fully saturated rings. The molecule has 2 N–H and O–H groups in total. The summed E-state index contributed by atoms with van der Waals surface area (Å²) in [6.07, 6.45) is 9.28. The highest BCUT2D eigenvalue weighted by atomic mass is 16.7. The van der Waals surface area contributed by atoms with Crippen molar-refractivity contribution in [3.05, 3.63) is 113 Å². The molecule has 330 valence electrons. The molecule has 1 aliphatic heterocycles. The Morgan fingerprint density at radius 3 is 2.43 bits per heavy atom. The largest absolute Gasteiger partial charge is 0.459 e. The number of benzene rings is 3. The van der Waals surface area contributed by atoms with Crippen molar-refractivity contribution in [2.24, 2.45) is 22.9 Å². The van der Waals surface area contributed by atoms with E-state index in [2.05, 4.69) is 44.7 Å². The van der Waals surface area contributed by atoms with Crippen LogP contribution in [0.1, 0.15) is 93.4 Å². The Bertz CT molecular complexity index is 1950. The maximum Gasteiger partial charge on any atom is 0.410 e. The monoisotopic (exact) mass is 838 g/mol.